The van der Waals surface area contributed by atoms with Gasteiger partial charge in [0.05, 0.1) is 6.54 Å². The lowest BCUT2D eigenvalue weighted by Gasteiger charge is -2.09. The van der Waals surface area contributed by atoms with Crippen LogP contribution in [-0.4, -0.2) is 18.5 Å². The van der Waals surface area contributed by atoms with Crippen LogP contribution >= 0.6 is 0 Å². The highest BCUT2D eigenvalue weighted by molar-refractivity contribution is 5.82. The fourth-order valence-electron chi connectivity index (χ4n) is 2.82. The van der Waals surface area contributed by atoms with Crippen molar-refractivity contribution in [1.29, 1.82) is 0 Å². The van der Waals surface area contributed by atoms with Crippen molar-refractivity contribution >= 4 is 16.9 Å². The third-order valence-electron chi connectivity index (χ3n) is 4.04. The monoisotopic (exact) mass is 290 g/mol. The fraction of sp³-hybridized carbons (Fsp3) is 0.438. The zero-order valence-electron chi connectivity index (χ0n) is 12.0. The second kappa shape index (κ2) is 5.85. The Bertz CT molecular complexity index is 660. The minimum Gasteiger partial charge on any atom is -0.459 e. The van der Waals surface area contributed by atoms with Crippen molar-refractivity contribution in [3.05, 3.63) is 35.3 Å². The van der Waals surface area contributed by atoms with Crippen LogP contribution in [0.5, 0.6) is 0 Å². The highest BCUT2D eigenvalue weighted by Gasteiger charge is 2.18. The van der Waals surface area contributed by atoms with Crippen molar-refractivity contribution in [3.63, 3.8) is 0 Å². The van der Waals surface area contributed by atoms with Crippen LogP contribution < -0.4 is 10.6 Å². The van der Waals surface area contributed by atoms with E-state index in [1.165, 1.54) is 12.1 Å². The number of fused-ring (bicyclic) bond motifs is 1. The molecule has 112 valence electrons. The molecule has 4 nitrogen and oxygen atoms in total. The van der Waals surface area contributed by atoms with Gasteiger partial charge in [-0.05, 0) is 44.5 Å². The van der Waals surface area contributed by atoms with E-state index in [2.05, 4.69) is 10.6 Å². The predicted molar refractivity (Wildman–Crippen MR) is 78.4 cm³/mol. The van der Waals surface area contributed by atoms with E-state index in [0.29, 0.717) is 24.3 Å². The molecule has 3 rings (SSSR count). The zero-order valence-corrected chi connectivity index (χ0v) is 12.0. The Kier molecular flexibility index (Phi) is 3.92. The number of benzene rings is 1. The average molecular weight is 290 g/mol. The van der Waals surface area contributed by atoms with Gasteiger partial charge in [-0.25, -0.2) is 4.39 Å². The van der Waals surface area contributed by atoms with Crippen LogP contribution in [0, 0.1) is 12.7 Å². The number of furan rings is 1. The first-order chi connectivity index (χ1) is 10.1. The van der Waals surface area contributed by atoms with Crippen molar-refractivity contribution in [2.45, 2.75) is 38.8 Å². The second-order valence-corrected chi connectivity index (χ2v) is 5.56. The summed E-state index contributed by atoms with van der Waals surface area (Å²) in [6, 6.07) is 4.74. The standard InChI is InChI=1S/C16H19FN2O2/c1-10-13-7-11(17)4-5-14(13)21-15(10)9-19-16(20)8-12-3-2-6-18-12/h4-5,7,12,18H,2-3,6,8-9H2,1H3,(H,19,20). The smallest absolute Gasteiger partial charge is 0.221 e. The van der Waals surface area contributed by atoms with E-state index >= 15 is 0 Å². The first-order valence-electron chi connectivity index (χ1n) is 7.31. The van der Waals surface area contributed by atoms with Crippen molar-refractivity contribution in [3.8, 4) is 0 Å². The Hall–Kier alpha value is -1.88. The van der Waals surface area contributed by atoms with E-state index in [9.17, 15) is 9.18 Å². The molecule has 1 atom stereocenters. The number of rotatable bonds is 4. The summed E-state index contributed by atoms with van der Waals surface area (Å²) in [7, 11) is 0. The lowest BCUT2D eigenvalue weighted by Crippen LogP contribution is -2.31. The molecular weight excluding hydrogens is 271 g/mol. The highest BCUT2D eigenvalue weighted by atomic mass is 19.1. The number of hydrogen-bond acceptors (Lipinski definition) is 3. The number of carbonyl (C=O) groups excluding carboxylic acids is 1. The summed E-state index contributed by atoms with van der Waals surface area (Å²) in [4.78, 5) is 11.9. The van der Waals surface area contributed by atoms with Gasteiger partial charge in [-0.1, -0.05) is 0 Å². The molecule has 1 amide bonds. The Morgan fingerprint density at radius 1 is 1.52 bits per heavy atom. The molecule has 1 unspecified atom stereocenters. The van der Waals surface area contributed by atoms with Crippen molar-refractivity contribution in [2.75, 3.05) is 6.54 Å². The molecule has 0 aliphatic carbocycles. The van der Waals surface area contributed by atoms with E-state index in [1.54, 1.807) is 6.07 Å². The molecule has 1 aliphatic rings. The third kappa shape index (κ3) is 3.08. The number of aryl methyl sites for hydroxylation is 1. The van der Waals surface area contributed by atoms with Crippen LogP contribution in [0.25, 0.3) is 11.0 Å². The van der Waals surface area contributed by atoms with Gasteiger partial charge in [-0.15, -0.1) is 0 Å². The molecule has 21 heavy (non-hydrogen) atoms. The summed E-state index contributed by atoms with van der Waals surface area (Å²) in [5.41, 5.74) is 1.53. The molecule has 2 N–H and O–H groups in total. The summed E-state index contributed by atoms with van der Waals surface area (Å²) in [6.45, 7) is 3.21. The summed E-state index contributed by atoms with van der Waals surface area (Å²) in [5, 5.41) is 6.94. The van der Waals surface area contributed by atoms with E-state index < -0.39 is 0 Å². The molecule has 2 aromatic rings. The summed E-state index contributed by atoms with van der Waals surface area (Å²) in [6.07, 6.45) is 2.68. The molecule has 0 bridgehead atoms. The van der Waals surface area contributed by atoms with E-state index in [4.69, 9.17) is 4.42 Å². The third-order valence-corrected chi connectivity index (χ3v) is 4.04. The molecule has 0 saturated carbocycles. The van der Waals surface area contributed by atoms with E-state index in [0.717, 1.165) is 30.3 Å². The minimum absolute atomic E-state index is 0.0143. The second-order valence-electron chi connectivity index (χ2n) is 5.56. The Morgan fingerprint density at radius 2 is 2.38 bits per heavy atom. The Labute approximate surface area is 122 Å². The maximum absolute atomic E-state index is 13.2. The van der Waals surface area contributed by atoms with Crippen LogP contribution in [0.2, 0.25) is 0 Å². The lowest BCUT2D eigenvalue weighted by molar-refractivity contribution is -0.121. The first kappa shape index (κ1) is 14.1. The van der Waals surface area contributed by atoms with Gasteiger partial charge in [-0.2, -0.15) is 0 Å². The molecule has 1 saturated heterocycles. The molecule has 1 aromatic carbocycles. The van der Waals surface area contributed by atoms with Crippen molar-refractivity contribution in [2.24, 2.45) is 0 Å². The van der Waals surface area contributed by atoms with Gasteiger partial charge in [0.2, 0.25) is 5.91 Å². The number of nitrogens with one attached hydrogen (secondary N) is 2. The molecule has 1 aromatic heterocycles. The topological polar surface area (TPSA) is 54.3 Å². The average Bonchev–Trinajstić information content (AvgIpc) is 3.06. The van der Waals surface area contributed by atoms with Gasteiger partial charge >= 0.3 is 0 Å². The van der Waals surface area contributed by atoms with E-state index in [-0.39, 0.29) is 17.8 Å². The SMILES string of the molecule is Cc1c(CNC(=O)CC2CCCN2)oc2ccc(F)cc12. The number of hydrogen-bond donors (Lipinski definition) is 2. The van der Waals surface area contributed by atoms with Crippen LogP contribution in [0.1, 0.15) is 30.6 Å². The van der Waals surface area contributed by atoms with Crippen LogP contribution in [0.4, 0.5) is 4.39 Å². The molecular formula is C16H19FN2O2. The maximum atomic E-state index is 13.2. The van der Waals surface area contributed by atoms with Gasteiger partial charge in [-0.3, -0.25) is 4.79 Å². The molecule has 0 spiro atoms. The normalized spacial score (nSPS) is 18.3. The van der Waals surface area contributed by atoms with Gasteiger partial charge in [0.25, 0.3) is 0 Å². The quantitative estimate of drug-likeness (QED) is 0.910. The fourth-order valence-corrected chi connectivity index (χ4v) is 2.82. The van der Waals surface area contributed by atoms with Gasteiger partial charge in [0, 0.05) is 23.4 Å². The predicted octanol–water partition coefficient (Wildman–Crippen LogP) is 2.64. The summed E-state index contributed by atoms with van der Waals surface area (Å²) >= 11 is 0. The molecule has 1 fully saturated rings. The maximum Gasteiger partial charge on any atom is 0.221 e. The molecule has 5 heteroatoms. The highest BCUT2D eigenvalue weighted by Crippen LogP contribution is 2.25. The van der Waals surface area contributed by atoms with Crippen LogP contribution in [0.3, 0.4) is 0 Å². The molecule has 1 aliphatic heterocycles. The molecule has 2 heterocycles. The minimum atomic E-state index is -0.283. The van der Waals surface area contributed by atoms with Gasteiger partial charge in [0.1, 0.15) is 17.2 Å². The largest absolute Gasteiger partial charge is 0.459 e. The number of halogens is 1. The number of amides is 1. The first-order valence-corrected chi connectivity index (χ1v) is 7.31. The van der Waals surface area contributed by atoms with Gasteiger partial charge in [0.15, 0.2) is 0 Å². The summed E-state index contributed by atoms with van der Waals surface area (Å²) < 4.78 is 18.9. The van der Waals surface area contributed by atoms with Crippen LogP contribution in [0.15, 0.2) is 22.6 Å². The van der Waals surface area contributed by atoms with Gasteiger partial charge < -0.3 is 15.1 Å². The van der Waals surface area contributed by atoms with E-state index in [1.807, 2.05) is 6.92 Å². The Morgan fingerprint density at radius 3 is 3.14 bits per heavy atom. The Balaban J connectivity index is 1.64. The van der Waals surface area contributed by atoms with Crippen molar-refractivity contribution in [1.82, 2.24) is 10.6 Å². The zero-order chi connectivity index (χ0) is 14.8. The number of carbonyl (C=O) groups is 1. The van der Waals surface area contributed by atoms with Crippen molar-refractivity contribution < 1.29 is 13.6 Å². The molecule has 0 radical (unpaired) electrons. The summed E-state index contributed by atoms with van der Waals surface area (Å²) in [5.74, 6) is 0.415. The van der Waals surface area contributed by atoms with Crippen LogP contribution in [-0.2, 0) is 11.3 Å². The lowest BCUT2D eigenvalue weighted by atomic mass is 10.1.